The predicted octanol–water partition coefficient (Wildman–Crippen LogP) is -0.0372. The summed E-state index contributed by atoms with van der Waals surface area (Å²) in [6.07, 6.45) is -0.877. The van der Waals surface area contributed by atoms with Crippen LogP contribution in [0.3, 0.4) is 0 Å². The first-order valence-corrected chi connectivity index (χ1v) is 7.78. The number of alkyl carbamates (subject to hydrolysis) is 1. The number of amides is 2. The summed E-state index contributed by atoms with van der Waals surface area (Å²) in [5.41, 5.74) is 10.9. The average Bonchev–Trinajstić information content (AvgIpc) is 2.58. The van der Waals surface area contributed by atoms with E-state index in [0.29, 0.717) is 0 Å². The molecule has 0 saturated heterocycles. The van der Waals surface area contributed by atoms with Crippen LogP contribution in [0, 0.1) is 0 Å². The van der Waals surface area contributed by atoms with E-state index in [9.17, 15) is 14.4 Å². The Labute approximate surface area is 150 Å². The number of benzene rings is 1. The Morgan fingerprint density at radius 2 is 1.85 bits per heavy atom. The van der Waals surface area contributed by atoms with Gasteiger partial charge < -0.3 is 31.4 Å². The third kappa shape index (κ3) is 9.23. The smallest absolute Gasteiger partial charge is 0.408 e. The molecule has 0 aliphatic carbocycles. The summed E-state index contributed by atoms with van der Waals surface area (Å²) in [6, 6.07) is 7.80. The van der Waals surface area contributed by atoms with Gasteiger partial charge in [-0.05, 0) is 5.56 Å². The van der Waals surface area contributed by atoms with Crippen LogP contribution in [0.5, 0.6) is 0 Å². The third-order valence-electron chi connectivity index (χ3n) is 3.07. The van der Waals surface area contributed by atoms with Gasteiger partial charge in [-0.1, -0.05) is 30.3 Å². The number of rotatable bonds is 10. The number of aliphatic imine (C=N–C) groups is 1. The molecule has 26 heavy (non-hydrogen) atoms. The molecular weight excluding hydrogens is 344 g/mol. The van der Waals surface area contributed by atoms with Crippen molar-refractivity contribution in [2.45, 2.75) is 25.5 Å². The molecule has 0 fully saturated rings. The van der Waals surface area contributed by atoms with Crippen LogP contribution >= 0.6 is 0 Å². The summed E-state index contributed by atoms with van der Waals surface area (Å²) in [6.45, 7) is 0.0772. The zero-order valence-electron chi connectivity index (χ0n) is 14.1. The number of guanidine groups is 1. The zero-order valence-corrected chi connectivity index (χ0v) is 14.1. The Kier molecular flexibility index (Phi) is 9.18. The van der Waals surface area contributed by atoms with E-state index in [1.807, 2.05) is 6.07 Å². The molecule has 0 aliphatic heterocycles. The molecule has 0 heterocycles. The first-order chi connectivity index (χ1) is 12.4. The molecule has 142 valence electrons. The predicted molar refractivity (Wildman–Crippen MR) is 92.1 cm³/mol. The van der Waals surface area contributed by atoms with Gasteiger partial charge in [0, 0.05) is 13.0 Å². The Morgan fingerprint density at radius 3 is 2.46 bits per heavy atom. The number of nitrogens with zero attached hydrogens (tertiary/aromatic N) is 1. The molecule has 0 radical (unpaired) electrons. The molecule has 1 atom stereocenters. The molecule has 0 bridgehead atoms. The number of nitrogens with two attached hydrogens (primary N) is 2. The van der Waals surface area contributed by atoms with Crippen LogP contribution in [-0.2, 0) is 25.7 Å². The SMILES string of the molecule is NC(N)=NC(=O)CCOCC[C@H](NC(=O)OCc1ccccc1)C(=O)O. The molecule has 0 aromatic heterocycles. The fourth-order valence-electron chi connectivity index (χ4n) is 1.83. The van der Waals surface area contributed by atoms with Gasteiger partial charge in [0.05, 0.1) is 13.0 Å². The van der Waals surface area contributed by atoms with E-state index < -0.39 is 24.0 Å². The summed E-state index contributed by atoms with van der Waals surface area (Å²) < 4.78 is 10.1. The molecule has 0 saturated carbocycles. The first-order valence-electron chi connectivity index (χ1n) is 7.78. The summed E-state index contributed by atoms with van der Waals surface area (Å²) in [5.74, 6) is -2.09. The molecule has 2 amide bonds. The highest BCUT2D eigenvalue weighted by Gasteiger charge is 2.20. The number of carbonyl (C=O) groups is 3. The van der Waals surface area contributed by atoms with Crippen molar-refractivity contribution < 1.29 is 29.0 Å². The lowest BCUT2D eigenvalue weighted by Gasteiger charge is -2.14. The molecule has 1 rings (SSSR count). The van der Waals surface area contributed by atoms with Crippen molar-refractivity contribution in [2.24, 2.45) is 16.5 Å². The summed E-state index contributed by atoms with van der Waals surface area (Å²) >= 11 is 0. The van der Waals surface area contributed by atoms with Gasteiger partial charge in [0.1, 0.15) is 12.6 Å². The molecule has 0 unspecified atom stereocenters. The Hall–Kier alpha value is -3.14. The highest BCUT2D eigenvalue weighted by molar-refractivity contribution is 5.91. The second kappa shape index (κ2) is 11.4. The lowest BCUT2D eigenvalue weighted by molar-refractivity contribution is -0.140. The van der Waals surface area contributed by atoms with E-state index in [1.54, 1.807) is 24.3 Å². The van der Waals surface area contributed by atoms with Crippen LogP contribution in [0.15, 0.2) is 35.3 Å². The van der Waals surface area contributed by atoms with Crippen LogP contribution < -0.4 is 16.8 Å². The second-order valence-electron chi connectivity index (χ2n) is 5.18. The van der Waals surface area contributed by atoms with Crippen LogP contribution in [0.25, 0.3) is 0 Å². The number of ether oxygens (including phenoxy) is 2. The number of carboxylic acids is 1. The third-order valence-corrected chi connectivity index (χ3v) is 3.07. The minimum atomic E-state index is -1.22. The van der Waals surface area contributed by atoms with Crippen LogP contribution in [0.1, 0.15) is 18.4 Å². The molecule has 10 heteroatoms. The number of nitrogens with one attached hydrogen (secondary N) is 1. The fraction of sp³-hybridized carbons (Fsp3) is 0.375. The van der Waals surface area contributed by atoms with Crippen LogP contribution in [0.2, 0.25) is 0 Å². The van der Waals surface area contributed by atoms with Crippen molar-refractivity contribution >= 4 is 23.9 Å². The summed E-state index contributed by atoms with van der Waals surface area (Å²) in [4.78, 5) is 37.4. The quantitative estimate of drug-likeness (QED) is 0.254. The average molecular weight is 366 g/mol. The van der Waals surface area contributed by atoms with Gasteiger partial charge in [0.15, 0.2) is 5.96 Å². The standard InChI is InChI=1S/C16H22N4O6/c17-15(18)20-13(21)7-9-25-8-6-12(14(22)23)19-16(24)26-10-11-4-2-1-3-5-11/h1-5,12H,6-10H2,(H,19,24)(H,22,23)(H4,17,18,20,21)/t12-/m0/s1. The lowest BCUT2D eigenvalue weighted by atomic mass is 10.2. The van der Waals surface area contributed by atoms with Gasteiger partial charge in [0.2, 0.25) is 0 Å². The van der Waals surface area contributed by atoms with Crippen molar-refractivity contribution in [3.63, 3.8) is 0 Å². The minimum absolute atomic E-state index is 0.00621. The topological polar surface area (TPSA) is 166 Å². The van der Waals surface area contributed by atoms with Crippen LogP contribution in [0.4, 0.5) is 4.79 Å². The molecule has 6 N–H and O–H groups in total. The fourth-order valence-corrected chi connectivity index (χ4v) is 1.83. The molecule has 0 aliphatic rings. The van der Waals surface area contributed by atoms with Crippen molar-refractivity contribution in [1.29, 1.82) is 0 Å². The molecule has 1 aromatic rings. The van der Waals surface area contributed by atoms with Gasteiger partial charge in [-0.3, -0.25) is 4.79 Å². The van der Waals surface area contributed by atoms with Crippen molar-refractivity contribution in [1.82, 2.24) is 5.32 Å². The van der Waals surface area contributed by atoms with E-state index in [2.05, 4.69) is 10.3 Å². The van der Waals surface area contributed by atoms with Crippen molar-refractivity contribution in [2.75, 3.05) is 13.2 Å². The maximum atomic E-state index is 11.7. The lowest BCUT2D eigenvalue weighted by Crippen LogP contribution is -2.41. The monoisotopic (exact) mass is 366 g/mol. The Morgan fingerprint density at radius 1 is 1.15 bits per heavy atom. The number of carboxylic acid groups (broad SMARTS) is 1. The van der Waals surface area contributed by atoms with Gasteiger partial charge in [-0.15, -0.1) is 0 Å². The maximum Gasteiger partial charge on any atom is 0.408 e. The highest BCUT2D eigenvalue weighted by atomic mass is 16.5. The van der Waals surface area contributed by atoms with Crippen LogP contribution in [-0.4, -0.2) is 48.3 Å². The molecule has 10 nitrogen and oxygen atoms in total. The van der Waals surface area contributed by atoms with Gasteiger partial charge >= 0.3 is 12.1 Å². The van der Waals surface area contributed by atoms with E-state index >= 15 is 0 Å². The first kappa shape index (κ1) is 20.9. The zero-order chi connectivity index (χ0) is 19.4. The number of hydrogen-bond donors (Lipinski definition) is 4. The number of aliphatic carboxylic acids is 1. The summed E-state index contributed by atoms with van der Waals surface area (Å²) in [5, 5.41) is 11.4. The normalized spacial score (nSPS) is 11.2. The summed E-state index contributed by atoms with van der Waals surface area (Å²) in [7, 11) is 0. The maximum absolute atomic E-state index is 11.7. The van der Waals surface area contributed by atoms with Gasteiger partial charge in [0.25, 0.3) is 5.91 Å². The molecular formula is C16H22N4O6. The van der Waals surface area contributed by atoms with Gasteiger partial charge in [-0.2, -0.15) is 4.99 Å². The van der Waals surface area contributed by atoms with E-state index in [1.165, 1.54) is 0 Å². The minimum Gasteiger partial charge on any atom is -0.480 e. The van der Waals surface area contributed by atoms with Crippen molar-refractivity contribution in [3.8, 4) is 0 Å². The molecule has 1 aromatic carbocycles. The number of hydrogen-bond acceptors (Lipinski definition) is 5. The van der Waals surface area contributed by atoms with E-state index in [4.69, 9.17) is 26.0 Å². The Bertz CT molecular complexity index is 631. The second-order valence-corrected chi connectivity index (χ2v) is 5.18. The van der Waals surface area contributed by atoms with E-state index in [-0.39, 0.29) is 38.6 Å². The number of carbonyl (C=O) groups excluding carboxylic acids is 2. The largest absolute Gasteiger partial charge is 0.480 e. The highest BCUT2D eigenvalue weighted by Crippen LogP contribution is 2.02. The molecule has 0 spiro atoms. The van der Waals surface area contributed by atoms with Gasteiger partial charge in [-0.25, -0.2) is 9.59 Å². The van der Waals surface area contributed by atoms with E-state index in [0.717, 1.165) is 5.56 Å². The Balaban J connectivity index is 2.28. The van der Waals surface area contributed by atoms with Crippen molar-refractivity contribution in [3.05, 3.63) is 35.9 Å².